The number of ether oxygens (including phenoxy) is 2. The van der Waals surface area contributed by atoms with Crippen molar-refractivity contribution < 1.29 is 29.3 Å². The molecule has 0 spiro atoms. The lowest BCUT2D eigenvalue weighted by molar-refractivity contribution is -0.167. The number of β-amino-alcohol motifs (C(OH)–C–C–N with tert-alkyl or cyclic N) is 1. The number of carboxylic acid groups (broad SMARTS) is 1. The molecule has 0 radical (unpaired) electrons. The summed E-state index contributed by atoms with van der Waals surface area (Å²) in [6.45, 7) is 2.25. The Morgan fingerprint density at radius 3 is 2.58 bits per heavy atom. The van der Waals surface area contributed by atoms with Crippen LogP contribution in [0.2, 0.25) is 0 Å². The zero-order valence-electron chi connectivity index (χ0n) is 15.5. The Bertz CT molecular complexity index is 661. The van der Waals surface area contributed by atoms with Gasteiger partial charge in [-0.1, -0.05) is 19.4 Å². The van der Waals surface area contributed by atoms with Crippen LogP contribution in [0.25, 0.3) is 0 Å². The van der Waals surface area contributed by atoms with Crippen LogP contribution in [-0.2, 0) is 16.0 Å². The van der Waals surface area contributed by atoms with E-state index in [4.69, 9.17) is 9.47 Å². The summed E-state index contributed by atoms with van der Waals surface area (Å²) >= 11 is 0. The zero-order valence-corrected chi connectivity index (χ0v) is 15.5. The van der Waals surface area contributed by atoms with Crippen molar-refractivity contribution in [3.05, 3.63) is 23.8 Å². The zero-order chi connectivity index (χ0) is 19.3. The van der Waals surface area contributed by atoms with Crippen LogP contribution >= 0.6 is 0 Å². The molecule has 2 N–H and O–H groups in total. The van der Waals surface area contributed by atoms with E-state index in [1.807, 2.05) is 6.92 Å². The molecule has 2 atom stereocenters. The molecular formula is C19H27NO6. The van der Waals surface area contributed by atoms with Gasteiger partial charge in [-0.2, -0.15) is 0 Å². The summed E-state index contributed by atoms with van der Waals surface area (Å²) in [5, 5.41) is 20.0. The van der Waals surface area contributed by atoms with Crippen LogP contribution < -0.4 is 9.47 Å². The fraction of sp³-hybridized carbons (Fsp3) is 0.579. The van der Waals surface area contributed by atoms with E-state index >= 15 is 0 Å². The van der Waals surface area contributed by atoms with Gasteiger partial charge in [0, 0.05) is 24.7 Å². The Kier molecular flexibility index (Phi) is 6.47. The molecule has 0 aromatic heterocycles. The molecule has 2 rings (SSSR count). The number of piperidine rings is 1. The SMILES string of the molecule is CCC[C@]1(C(=O)O)CCN(C(=O)Cc2ccc(OC)cc2OC)C[C@H]1O. The van der Waals surface area contributed by atoms with Crippen LogP contribution in [0.5, 0.6) is 11.5 Å². The van der Waals surface area contributed by atoms with Crippen molar-refractivity contribution in [2.24, 2.45) is 5.41 Å². The number of benzene rings is 1. The quantitative estimate of drug-likeness (QED) is 0.764. The molecule has 0 bridgehead atoms. The van der Waals surface area contributed by atoms with Gasteiger partial charge in [0.05, 0.1) is 32.2 Å². The number of likely N-dealkylation sites (tertiary alicyclic amines) is 1. The van der Waals surface area contributed by atoms with Gasteiger partial charge in [0.2, 0.25) is 5.91 Å². The second kappa shape index (κ2) is 8.40. The predicted molar refractivity (Wildman–Crippen MR) is 95.4 cm³/mol. The second-order valence-corrected chi connectivity index (χ2v) is 6.67. The molecule has 0 aliphatic carbocycles. The molecule has 1 aliphatic heterocycles. The summed E-state index contributed by atoms with van der Waals surface area (Å²) in [6.07, 6.45) is 0.366. The number of nitrogens with zero attached hydrogens (tertiary/aromatic N) is 1. The first-order valence-electron chi connectivity index (χ1n) is 8.78. The number of carbonyl (C=O) groups is 2. The minimum Gasteiger partial charge on any atom is -0.497 e. The number of hydrogen-bond acceptors (Lipinski definition) is 5. The lowest BCUT2D eigenvalue weighted by Gasteiger charge is -2.42. The topological polar surface area (TPSA) is 96.3 Å². The number of carbonyl (C=O) groups excluding carboxylic acids is 1. The van der Waals surface area contributed by atoms with E-state index in [0.29, 0.717) is 30.9 Å². The first-order valence-corrected chi connectivity index (χ1v) is 8.78. The molecule has 144 valence electrons. The summed E-state index contributed by atoms with van der Waals surface area (Å²) < 4.78 is 10.5. The van der Waals surface area contributed by atoms with Crippen LogP contribution in [0.15, 0.2) is 18.2 Å². The highest BCUT2D eigenvalue weighted by atomic mass is 16.5. The highest BCUT2D eigenvalue weighted by molar-refractivity contribution is 5.81. The van der Waals surface area contributed by atoms with Gasteiger partial charge < -0.3 is 24.6 Å². The van der Waals surface area contributed by atoms with Crippen molar-refractivity contribution in [2.75, 3.05) is 27.3 Å². The van der Waals surface area contributed by atoms with Gasteiger partial charge >= 0.3 is 5.97 Å². The van der Waals surface area contributed by atoms with E-state index in [0.717, 1.165) is 5.56 Å². The maximum absolute atomic E-state index is 12.7. The molecule has 0 saturated carbocycles. The van der Waals surface area contributed by atoms with Crippen LogP contribution in [0.3, 0.4) is 0 Å². The molecule has 0 unspecified atom stereocenters. The third-order valence-electron chi connectivity index (χ3n) is 5.17. The van der Waals surface area contributed by atoms with Gasteiger partial charge in [-0.3, -0.25) is 9.59 Å². The lowest BCUT2D eigenvalue weighted by Crippen LogP contribution is -2.56. The van der Waals surface area contributed by atoms with Gasteiger partial charge in [0.15, 0.2) is 0 Å². The lowest BCUT2D eigenvalue weighted by atomic mass is 9.72. The molecule has 1 aromatic carbocycles. The number of aliphatic hydroxyl groups is 1. The van der Waals surface area contributed by atoms with Crippen molar-refractivity contribution in [3.63, 3.8) is 0 Å². The van der Waals surface area contributed by atoms with E-state index < -0.39 is 17.5 Å². The molecule has 1 amide bonds. The normalized spacial score (nSPS) is 22.8. The standard InChI is InChI=1S/C19H27NO6/c1-4-7-19(18(23)24)8-9-20(12-16(19)21)17(22)10-13-5-6-14(25-2)11-15(13)26-3/h5-6,11,16,21H,4,7-10,12H2,1-3H3,(H,23,24)/t16-,19+/m1/s1. The van der Waals surface area contributed by atoms with E-state index in [2.05, 4.69) is 0 Å². The number of rotatable bonds is 7. The summed E-state index contributed by atoms with van der Waals surface area (Å²) in [4.78, 5) is 25.9. The fourth-order valence-electron chi connectivity index (χ4n) is 3.57. The van der Waals surface area contributed by atoms with Crippen LogP contribution in [0, 0.1) is 5.41 Å². The maximum Gasteiger partial charge on any atom is 0.312 e. The number of methoxy groups -OCH3 is 2. The molecule has 1 saturated heterocycles. The fourth-order valence-corrected chi connectivity index (χ4v) is 3.57. The average molecular weight is 365 g/mol. The molecule has 1 aromatic rings. The maximum atomic E-state index is 12.7. The minimum atomic E-state index is -1.16. The van der Waals surface area contributed by atoms with Gasteiger partial charge in [0.1, 0.15) is 11.5 Å². The summed E-state index contributed by atoms with van der Waals surface area (Å²) in [5.41, 5.74) is -0.444. The number of hydrogen-bond donors (Lipinski definition) is 2. The summed E-state index contributed by atoms with van der Waals surface area (Å²) in [6, 6.07) is 5.24. The van der Waals surface area contributed by atoms with Crippen LogP contribution in [-0.4, -0.2) is 60.4 Å². The Hall–Kier alpha value is -2.28. The summed E-state index contributed by atoms with van der Waals surface area (Å²) in [7, 11) is 3.08. The highest BCUT2D eigenvalue weighted by Gasteiger charge is 2.48. The van der Waals surface area contributed by atoms with E-state index in [1.165, 1.54) is 12.0 Å². The third kappa shape index (κ3) is 3.93. The predicted octanol–water partition coefficient (Wildman–Crippen LogP) is 1.71. The average Bonchev–Trinajstić information content (AvgIpc) is 2.63. The van der Waals surface area contributed by atoms with Crippen LogP contribution in [0.1, 0.15) is 31.7 Å². The van der Waals surface area contributed by atoms with Crippen molar-refractivity contribution in [3.8, 4) is 11.5 Å². The Labute approximate surface area is 153 Å². The third-order valence-corrected chi connectivity index (χ3v) is 5.17. The smallest absolute Gasteiger partial charge is 0.312 e. The molecule has 7 nitrogen and oxygen atoms in total. The van der Waals surface area contributed by atoms with Crippen molar-refractivity contribution in [2.45, 2.75) is 38.7 Å². The Morgan fingerprint density at radius 2 is 2.04 bits per heavy atom. The molecule has 1 fully saturated rings. The van der Waals surface area contributed by atoms with Crippen molar-refractivity contribution in [1.29, 1.82) is 0 Å². The highest BCUT2D eigenvalue weighted by Crippen LogP contribution is 2.37. The van der Waals surface area contributed by atoms with E-state index in [9.17, 15) is 19.8 Å². The van der Waals surface area contributed by atoms with Crippen molar-refractivity contribution in [1.82, 2.24) is 4.90 Å². The number of carboxylic acids is 1. The second-order valence-electron chi connectivity index (χ2n) is 6.67. The van der Waals surface area contributed by atoms with Gasteiger partial charge in [-0.05, 0) is 18.9 Å². The van der Waals surface area contributed by atoms with Gasteiger partial charge in [-0.25, -0.2) is 0 Å². The number of aliphatic carboxylic acids is 1. The molecular weight excluding hydrogens is 338 g/mol. The van der Waals surface area contributed by atoms with Crippen LogP contribution in [0.4, 0.5) is 0 Å². The minimum absolute atomic E-state index is 0.0314. The van der Waals surface area contributed by atoms with Crippen molar-refractivity contribution >= 4 is 11.9 Å². The Morgan fingerprint density at radius 1 is 1.31 bits per heavy atom. The molecule has 26 heavy (non-hydrogen) atoms. The first-order chi connectivity index (χ1) is 12.4. The molecule has 1 aliphatic rings. The van der Waals surface area contributed by atoms with E-state index in [1.54, 1.807) is 25.3 Å². The van der Waals surface area contributed by atoms with Gasteiger partial charge in [-0.15, -0.1) is 0 Å². The first kappa shape index (κ1) is 20.0. The van der Waals surface area contributed by atoms with E-state index in [-0.39, 0.29) is 25.3 Å². The molecule has 1 heterocycles. The summed E-state index contributed by atoms with van der Waals surface area (Å²) in [5.74, 6) is 0.0390. The molecule has 7 heteroatoms. The largest absolute Gasteiger partial charge is 0.497 e. The monoisotopic (exact) mass is 365 g/mol. The number of amides is 1. The number of aliphatic hydroxyl groups excluding tert-OH is 1. The Balaban J connectivity index is 2.09. The van der Waals surface area contributed by atoms with Gasteiger partial charge in [0.25, 0.3) is 0 Å².